The van der Waals surface area contributed by atoms with Crippen molar-refractivity contribution in [3.05, 3.63) is 29.7 Å². The maximum absolute atomic E-state index is 10.8. The third-order valence-corrected chi connectivity index (χ3v) is 3.17. The van der Waals surface area contributed by atoms with E-state index in [0.717, 1.165) is 5.82 Å². The fourth-order valence-electron chi connectivity index (χ4n) is 1.16. The standard InChI is InChI=1S/C10H10N4O2S/c1-6-12-13-10(14(6)2)17-8-5-3-4-7(11-8)9(15)16/h3-5H,1-2H3,(H,15,16). The third-order valence-electron chi connectivity index (χ3n) is 2.19. The first-order valence-corrected chi connectivity index (χ1v) is 5.64. The Kier molecular flexibility index (Phi) is 3.10. The van der Waals surface area contributed by atoms with E-state index in [2.05, 4.69) is 15.2 Å². The molecule has 0 unspecified atom stereocenters. The molecule has 0 aliphatic rings. The fourth-order valence-corrected chi connectivity index (χ4v) is 1.99. The lowest BCUT2D eigenvalue weighted by Gasteiger charge is -2.01. The molecule has 2 heterocycles. The van der Waals surface area contributed by atoms with Gasteiger partial charge in [-0.25, -0.2) is 9.78 Å². The van der Waals surface area contributed by atoms with Gasteiger partial charge in [-0.3, -0.25) is 0 Å². The van der Waals surface area contributed by atoms with Crippen LogP contribution in [-0.4, -0.2) is 30.8 Å². The van der Waals surface area contributed by atoms with Crippen molar-refractivity contribution in [2.24, 2.45) is 7.05 Å². The van der Waals surface area contributed by atoms with Crippen molar-refractivity contribution in [3.8, 4) is 0 Å². The average Bonchev–Trinajstić information content (AvgIpc) is 2.61. The van der Waals surface area contributed by atoms with E-state index in [1.54, 1.807) is 12.1 Å². The average molecular weight is 250 g/mol. The van der Waals surface area contributed by atoms with Crippen molar-refractivity contribution in [1.29, 1.82) is 0 Å². The Balaban J connectivity index is 2.27. The van der Waals surface area contributed by atoms with Gasteiger partial charge < -0.3 is 9.67 Å². The number of nitrogens with zero attached hydrogens (tertiary/aromatic N) is 4. The monoisotopic (exact) mass is 250 g/mol. The number of aromatic carboxylic acids is 1. The number of aryl methyl sites for hydroxylation is 1. The Labute approximate surface area is 102 Å². The molecule has 88 valence electrons. The van der Waals surface area contributed by atoms with Crippen LogP contribution in [-0.2, 0) is 7.05 Å². The molecule has 2 aromatic heterocycles. The normalized spacial score (nSPS) is 10.5. The molecule has 0 saturated carbocycles. The summed E-state index contributed by atoms with van der Waals surface area (Å²) in [6.45, 7) is 1.85. The summed E-state index contributed by atoms with van der Waals surface area (Å²) in [6, 6.07) is 4.84. The summed E-state index contributed by atoms with van der Waals surface area (Å²) in [5.41, 5.74) is 0.0221. The van der Waals surface area contributed by atoms with Gasteiger partial charge in [0.1, 0.15) is 16.5 Å². The number of rotatable bonds is 3. The van der Waals surface area contributed by atoms with Crippen LogP contribution in [0, 0.1) is 6.92 Å². The molecule has 0 spiro atoms. The first-order chi connectivity index (χ1) is 8.08. The highest BCUT2D eigenvalue weighted by Crippen LogP contribution is 2.24. The smallest absolute Gasteiger partial charge is 0.354 e. The largest absolute Gasteiger partial charge is 0.477 e. The molecular weight excluding hydrogens is 240 g/mol. The van der Waals surface area contributed by atoms with E-state index in [4.69, 9.17) is 5.11 Å². The number of hydrogen-bond acceptors (Lipinski definition) is 5. The molecule has 7 heteroatoms. The second-order valence-electron chi connectivity index (χ2n) is 3.36. The Hall–Kier alpha value is -1.89. The predicted molar refractivity (Wildman–Crippen MR) is 61.1 cm³/mol. The SMILES string of the molecule is Cc1nnc(Sc2cccc(C(=O)O)n2)n1C. The molecule has 0 bridgehead atoms. The molecule has 6 nitrogen and oxygen atoms in total. The van der Waals surface area contributed by atoms with Crippen LogP contribution >= 0.6 is 11.8 Å². The first kappa shape index (κ1) is 11.6. The summed E-state index contributed by atoms with van der Waals surface area (Å²) in [5, 5.41) is 18.0. The zero-order valence-corrected chi connectivity index (χ0v) is 10.1. The molecule has 0 aliphatic heterocycles. The van der Waals surface area contributed by atoms with E-state index < -0.39 is 5.97 Å². The lowest BCUT2D eigenvalue weighted by Crippen LogP contribution is -2.00. The van der Waals surface area contributed by atoms with Crippen LogP contribution in [0.25, 0.3) is 0 Å². The molecule has 2 aromatic rings. The second-order valence-corrected chi connectivity index (χ2v) is 4.34. The quantitative estimate of drug-likeness (QED) is 0.886. The van der Waals surface area contributed by atoms with E-state index in [-0.39, 0.29) is 5.69 Å². The highest BCUT2D eigenvalue weighted by Gasteiger charge is 2.10. The molecule has 17 heavy (non-hydrogen) atoms. The van der Waals surface area contributed by atoms with E-state index in [9.17, 15) is 4.79 Å². The van der Waals surface area contributed by atoms with Gasteiger partial charge >= 0.3 is 5.97 Å². The van der Waals surface area contributed by atoms with Crippen LogP contribution in [0.4, 0.5) is 0 Å². The third kappa shape index (κ3) is 2.44. The molecule has 1 N–H and O–H groups in total. The van der Waals surface area contributed by atoms with Crippen LogP contribution in [0.1, 0.15) is 16.3 Å². The van der Waals surface area contributed by atoms with Gasteiger partial charge in [0, 0.05) is 7.05 Å². The molecule has 0 saturated heterocycles. The van der Waals surface area contributed by atoms with Crippen LogP contribution in [0.3, 0.4) is 0 Å². The lowest BCUT2D eigenvalue weighted by atomic mass is 10.4. The Morgan fingerprint density at radius 1 is 1.41 bits per heavy atom. The zero-order valence-electron chi connectivity index (χ0n) is 9.28. The van der Waals surface area contributed by atoms with Crippen molar-refractivity contribution in [3.63, 3.8) is 0 Å². The van der Waals surface area contributed by atoms with Gasteiger partial charge in [0.15, 0.2) is 5.16 Å². The van der Waals surface area contributed by atoms with E-state index >= 15 is 0 Å². The summed E-state index contributed by atoms with van der Waals surface area (Å²) in [7, 11) is 1.85. The van der Waals surface area contributed by atoms with Crippen LogP contribution in [0.2, 0.25) is 0 Å². The topological polar surface area (TPSA) is 80.9 Å². The molecule has 0 radical (unpaired) electrons. The summed E-state index contributed by atoms with van der Waals surface area (Å²) in [4.78, 5) is 14.8. The van der Waals surface area contributed by atoms with Gasteiger partial charge in [0.2, 0.25) is 0 Å². The highest BCUT2D eigenvalue weighted by molar-refractivity contribution is 7.99. The number of aromatic nitrogens is 4. The van der Waals surface area contributed by atoms with E-state index in [0.29, 0.717) is 10.2 Å². The summed E-state index contributed by atoms with van der Waals surface area (Å²) in [6.07, 6.45) is 0. The maximum Gasteiger partial charge on any atom is 0.354 e. The van der Waals surface area contributed by atoms with E-state index in [1.807, 2.05) is 18.5 Å². The second kappa shape index (κ2) is 4.54. The predicted octanol–water partition coefficient (Wildman–Crippen LogP) is 1.37. The number of hydrogen-bond donors (Lipinski definition) is 1. The van der Waals surface area contributed by atoms with Crippen LogP contribution in [0.15, 0.2) is 28.4 Å². The van der Waals surface area contributed by atoms with Gasteiger partial charge in [-0.05, 0) is 30.8 Å². The maximum atomic E-state index is 10.8. The Morgan fingerprint density at radius 2 is 2.18 bits per heavy atom. The molecule has 0 aromatic carbocycles. The number of carboxylic acid groups (broad SMARTS) is 1. The number of carboxylic acids is 1. The fraction of sp³-hybridized carbons (Fsp3) is 0.200. The minimum absolute atomic E-state index is 0.0221. The molecule has 0 aliphatic carbocycles. The lowest BCUT2D eigenvalue weighted by molar-refractivity contribution is 0.0689. The molecule has 2 rings (SSSR count). The van der Waals surface area contributed by atoms with Crippen molar-refractivity contribution < 1.29 is 9.90 Å². The van der Waals surface area contributed by atoms with Crippen molar-refractivity contribution in [2.45, 2.75) is 17.1 Å². The number of carbonyl (C=O) groups is 1. The van der Waals surface area contributed by atoms with E-state index in [1.165, 1.54) is 17.8 Å². The minimum atomic E-state index is -1.04. The minimum Gasteiger partial charge on any atom is -0.477 e. The van der Waals surface area contributed by atoms with Gasteiger partial charge in [0.05, 0.1) is 0 Å². The van der Waals surface area contributed by atoms with Crippen LogP contribution < -0.4 is 0 Å². The first-order valence-electron chi connectivity index (χ1n) is 4.82. The molecule has 0 atom stereocenters. The van der Waals surface area contributed by atoms with Crippen molar-refractivity contribution in [2.75, 3.05) is 0 Å². The van der Waals surface area contributed by atoms with Crippen molar-refractivity contribution >= 4 is 17.7 Å². The van der Waals surface area contributed by atoms with Crippen molar-refractivity contribution in [1.82, 2.24) is 19.7 Å². The number of pyridine rings is 1. The Morgan fingerprint density at radius 3 is 2.76 bits per heavy atom. The summed E-state index contributed by atoms with van der Waals surface area (Å²) in [5.74, 6) is -0.247. The molecular formula is C10H10N4O2S. The van der Waals surface area contributed by atoms with Gasteiger partial charge in [-0.2, -0.15) is 0 Å². The van der Waals surface area contributed by atoms with Gasteiger partial charge in [-0.15, -0.1) is 10.2 Å². The Bertz CT molecular complexity index is 567. The highest BCUT2D eigenvalue weighted by atomic mass is 32.2. The molecule has 0 amide bonds. The van der Waals surface area contributed by atoms with Gasteiger partial charge in [-0.1, -0.05) is 6.07 Å². The summed E-state index contributed by atoms with van der Waals surface area (Å²) < 4.78 is 1.82. The zero-order chi connectivity index (χ0) is 12.4. The van der Waals surface area contributed by atoms with Gasteiger partial charge in [0.25, 0.3) is 0 Å². The molecule has 0 fully saturated rings. The summed E-state index contributed by atoms with van der Waals surface area (Å²) >= 11 is 1.28. The van der Waals surface area contributed by atoms with Crippen LogP contribution in [0.5, 0.6) is 0 Å².